The van der Waals surface area contributed by atoms with Gasteiger partial charge in [0.25, 0.3) is 10.0 Å². The van der Waals surface area contributed by atoms with Crippen molar-refractivity contribution in [2.75, 3.05) is 30.5 Å². The van der Waals surface area contributed by atoms with Crippen LogP contribution in [0.5, 0.6) is 5.75 Å². The summed E-state index contributed by atoms with van der Waals surface area (Å²) in [6.45, 7) is 0.354. The maximum Gasteiger partial charge on any atom is 0.416 e. The zero-order valence-corrected chi connectivity index (χ0v) is 19.4. The molecule has 3 N–H and O–H groups in total. The molecule has 0 unspecified atom stereocenters. The van der Waals surface area contributed by atoms with E-state index >= 15 is 0 Å². The number of likely N-dealkylation sites (tertiary alicyclic amines) is 1. The molecule has 0 bridgehead atoms. The van der Waals surface area contributed by atoms with E-state index in [9.17, 15) is 31.5 Å². The molecule has 35 heavy (non-hydrogen) atoms. The molecule has 190 valence electrons. The number of halogens is 3. The molecule has 2 aromatic rings. The van der Waals surface area contributed by atoms with E-state index in [1.54, 1.807) is 6.07 Å². The van der Waals surface area contributed by atoms with Gasteiger partial charge in [0.05, 0.1) is 22.8 Å². The first kappa shape index (κ1) is 26.1. The largest absolute Gasteiger partial charge is 0.493 e. The Morgan fingerprint density at radius 3 is 2.43 bits per heavy atom. The molecule has 1 saturated heterocycles. The fourth-order valence-corrected chi connectivity index (χ4v) is 5.09. The van der Waals surface area contributed by atoms with Crippen LogP contribution in [0.3, 0.4) is 0 Å². The Balaban J connectivity index is 1.92. The monoisotopic (exact) mass is 514 g/mol. The normalized spacial score (nSPS) is 15.3. The number of carboxylic acids is 1. The fourth-order valence-electron chi connectivity index (χ4n) is 3.68. The number of sulfonamides is 1. The molecule has 0 spiro atoms. The van der Waals surface area contributed by atoms with Gasteiger partial charge in [0.15, 0.2) is 0 Å². The molecule has 0 atom stereocenters. The number of nitrogens with two attached hydrogens (primary N) is 1. The molecule has 1 aliphatic rings. The van der Waals surface area contributed by atoms with Crippen LogP contribution in [0.2, 0.25) is 0 Å². The van der Waals surface area contributed by atoms with Gasteiger partial charge in [-0.15, -0.1) is 0 Å². The smallest absolute Gasteiger partial charge is 0.416 e. The molecule has 2 aromatic carbocycles. The molecule has 1 fully saturated rings. The molecule has 0 amide bonds. The summed E-state index contributed by atoms with van der Waals surface area (Å²) in [5.74, 6) is 3.46. The van der Waals surface area contributed by atoms with E-state index in [0.29, 0.717) is 36.3 Å². The zero-order valence-electron chi connectivity index (χ0n) is 18.6. The lowest BCUT2D eigenvalue weighted by Gasteiger charge is -2.30. The van der Waals surface area contributed by atoms with Gasteiger partial charge >= 0.3 is 12.1 Å². The second-order valence-corrected chi connectivity index (χ2v) is 9.85. The van der Waals surface area contributed by atoms with Gasteiger partial charge in [0.1, 0.15) is 18.6 Å². The number of anilines is 1. The third-order valence-electron chi connectivity index (χ3n) is 5.48. The van der Waals surface area contributed by atoms with Crippen LogP contribution in [-0.4, -0.2) is 57.0 Å². The van der Waals surface area contributed by atoms with Crippen molar-refractivity contribution in [3.05, 3.63) is 54.1 Å². The average molecular weight is 515 g/mol. The SMILES string of the molecule is NN=CN1CCC(COc2cc(N(CC(=O)O)S(=O)(=O)c3ccccc3)cc(C(F)(F)F)c2)CC1. The lowest BCUT2D eigenvalue weighted by atomic mass is 9.98. The number of piperidine rings is 1. The van der Waals surface area contributed by atoms with Gasteiger partial charge in [-0.05, 0) is 43.0 Å². The minimum Gasteiger partial charge on any atom is -0.493 e. The standard InChI is InChI=1S/C22H25F3N4O5S/c23-22(24,25)17-10-18(29(13-21(30)31)35(32,33)20-4-2-1-3-5-20)12-19(11-17)34-14-16-6-8-28(9-7-16)15-27-26/h1-5,10-12,15-16H,6-9,13-14,26H2,(H,30,31). The van der Waals surface area contributed by atoms with E-state index in [1.807, 2.05) is 4.90 Å². The Labute approximate surface area is 200 Å². The number of benzene rings is 2. The van der Waals surface area contributed by atoms with Gasteiger partial charge < -0.3 is 20.6 Å². The third kappa shape index (κ3) is 6.78. The summed E-state index contributed by atoms with van der Waals surface area (Å²) in [6.07, 6.45) is -1.90. The van der Waals surface area contributed by atoms with Crippen LogP contribution in [0, 0.1) is 5.92 Å². The maximum absolute atomic E-state index is 13.6. The molecular formula is C22H25F3N4O5S. The van der Waals surface area contributed by atoms with Gasteiger partial charge in [0, 0.05) is 19.2 Å². The van der Waals surface area contributed by atoms with Crippen molar-refractivity contribution in [3.63, 3.8) is 0 Å². The summed E-state index contributed by atoms with van der Waals surface area (Å²) in [4.78, 5) is 13.1. The van der Waals surface area contributed by atoms with Gasteiger partial charge in [-0.3, -0.25) is 9.10 Å². The van der Waals surface area contributed by atoms with Crippen molar-refractivity contribution in [3.8, 4) is 5.75 Å². The molecule has 13 heteroatoms. The number of hydrazone groups is 1. The van der Waals surface area contributed by atoms with Crippen LogP contribution >= 0.6 is 0 Å². The van der Waals surface area contributed by atoms with Crippen LogP contribution in [0.25, 0.3) is 0 Å². The number of aliphatic carboxylic acids is 1. The molecule has 0 aromatic heterocycles. The van der Waals surface area contributed by atoms with E-state index < -0.39 is 40.0 Å². The van der Waals surface area contributed by atoms with Crippen LogP contribution in [0.15, 0.2) is 58.5 Å². The first-order chi connectivity index (χ1) is 16.5. The first-order valence-electron chi connectivity index (χ1n) is 10.6. The van der Waals surface area contributed by atoms with Crippen LogP contribution in [-0.2, 0) is 21.0 Å². The lowest BCUT2D eigenvalue weighted by molar-refractivity contribution is -0.137. The molecule has 0 saturated carbocycles. The summed E-state index contributed by atoms with van der Waals surface area (Å²) in [5.41, 5.74) is -1.62. The summed E-state index contributed by atoms with van der Waals surface area (Å²) < 4.78 is 73.3. The van der Waals surface area contributed by atoms with Crippen LogP contribution in [0.1, 0.15) is 18.4 Å². The van der Waals surface area contributed by atoms with Gasteiger partial charge in [-0.1, -0.05) is 18.2 Å². The van der Waals surface area contributed by atoms with Crippen molar-refractivity contribution >= 4 is 28.0 Å². The minimum atomic E-state index is -4.81. The van der Waals surface area contributed by atoms with Crippen LogP contribution < -0.4 is 14.9 Å². The van der Waals surface area contributed by atoms with Crippen LogP contribution in [0.4, 0.5) is 18.9 Å². The average Bonchev–Trinajstić information content (AvgIpc) is 2.82. The Bertz CT molecular complexity index is 1150. The predicted octanol–water partition coefficient (Wildman–Crippen LogP) is 2.98. The number of alkyl halides is 3. The Morgan fingerprint density at radius 2 is 1.86 bits per heavy atom. The number of nitrogens with zero attached hydrogens (tertiary/aromatic N) is 3. The highest BCUT2D eigenvalue weighted by Gasteiger charge is 2.34. The number of rotatable bonds is 9. The lowest BCUT2D eigenvalue weighted by Crippen LogP contribution is -2.36. The van der Waals surface area contributed by atoms with Gasteiger partial charge in [0.2, 0.25) is 0 Å². The van der Waals surface area contributed by atoms with Crippen molar-refractivity contribution in [2.24, 2.45) is 16.9 Å². The number of carboxylic acid groups (broad SMARTS) is 1. The molecule has 3 rings (SSSR count). The predicted molar refractivity (Wildman–Crippen MR) is 123 cm³/mol. The van der Waals surface area contributed by atoms with Gasteiger partial charge in [-0.25, -0.2) is 8.42 Å². The second-order valence-electron chi connectivity index (χ2n) is 7.99. The van der Waals surface area contributed by atoms with Crippen molar-refractivity contribution in [2.45, 2.75) is 23.9 Å². The van der Waals surface area contributed by atoms with E-state index in [0.717, 1.165) is 12.1 Å². The van der Waals surface area contributed by atoms with Crippen molar-refractivity contribution in [1.29, 1.82) is 0 Å². The van der Waals surface area contributed by atoms with Crippen molar-refractivity contribution < 1.29 is 36.2 Å². The maximum atomic E-state index is 13.6. The summed E-state index contributed by atoms with van der Waals surface area (Å²) in [7, 11) is -4.47. The molecule has 9 nitrogen and oxygen atoms in total. The Kier molecular flexibility index (Phi) is 8.10. The Hall–Kier alpha value is -3.48. The number of ether oxygens (including phenoxy) is 1. The number of hydrogen-bond acceptors (Lipinski definition) is 6. The Morgan fingerprint density at radius 1 is 1.20 bits per heavy atom. The highest BCUT2D eigenvalue weighted by atomic mass is 32.2. The molecule has 1 heterocycles. The number of carbonyl (C=O) groups is 1. The summed E-state index contributed by atoms with van der Waals surface area (Å²) in [6, 6.07) is 9.36. The minimum absolute atomic E-state index is 0.0543. The summed E-state index contributed by atoms with van der Waals surface area (Å²) in [5, 5.41) is 12.8. The molecule has 0 radical (unpaired) electrons. The van der Waals surface area contributed by atoms with E-state index in [2.05, 4.69) is 5.10 Å². The molecule has 0 aliphatic carbocycles. The van der Waals surface area contributed by atoms with Gasteiger partial charge in [-0.2, -0.15) is 18.3 Å². The van der Waals surface area contributed by atoms with E-state index in [-0.39, 0.29) is 23.2 Å². The topological polar surface area (TPSA) is 126 Å². The fraction of sp³-hybridized carbons (Fsp3) is 0.364. The summed E-state index contributed by atoms with van der Waals surface area (Å²) >= 11 is 0. The second kappa shape index (κ2) is 10.8. The third-order valence-corrected chi connectivity index (χ3v) is 7.27. The van der Waals surface area contributed by atoms with E-state index in [4.69, 9.17) is 10.6 Å². The molecular weight excluding hydrogens is 489 g/mol. The quantitative estimate of drug-likeness (QED) is 0.228. The zero-order chi connectivity index (χ0) is 25.6. The van der Waals surface area contributed by atoms with E-state index in [1.165, 1.54) is 30.6 Å². The number of hydrogen-bond donors (Lipinski definition) is 2. The van der Waals surface area contributed by atoms with Crippen molar-refractivity contribution in [1.82, 2.24) is 4.90 Å². The highest BCUT2D eigenvalue weighted by molar-refractivity contribution is 7.92. The first-order valence-corrected chi connectivity index (χ1v) is 12.1. The highest BCUT2D eigenvalue weighted by Crippen LogP contribution is 2.37. The molecule has 1 aliphatic heterocycles.